The van der Waals surface area contributed by atoms with Crippen LogP contribution in [0.2, 0.25) is 0 Å². The van der Waals surface area contributed by atoms with E-state index >= 15 is 0 Å². The lowest BCUT2D eigenvalue weighted by molar-refractivity contribution is 0.313. The summed E-state index contributed by atoms with van der Waals surface area (Å²) in [4.78, 5) is 0. The first kappa shape index (κ1) is 12.2. The van der Waals surface area contributed by atoms with Gasteiger partial charge in [-0.25, -0.2) is 0 Å². The maximum absolute atomic E-state index is 8.44. The van der Waals surface area contributed by atoms with Crippen molar-refractivity contribution >= 4 is 5.84 Å². The van der Waals surface area contributed by atoms with Gasteiger partial charge < -0.3 is 16.3 Å². The van der Waals surface area contributed by atoms with Crippen molar-refractivity contribution in [3.63, 3.8) is 0 Å². The summed E-state index contributed by atoms with van der Waals surface area (Å²) in [6.45, 7) is 6.18. The van der Waals surface area contributed by atoms with E-state index in [0.29, 0.717) is 6.04 Å². The van der Waals surface area contributed by atoms with Crippen LogP contribution in [-0.4, -0.2) is 23.1 Å². The van der Waals surface area contributed by atoms with Crippen molar-refractivity contribution in [1.29, 1.82) is 0 Å². The van der Waals surface area contributed by atoms with Crippen molar-refractivity contribution in [1.82, 2.24) is 5.32 Å². The largest absolute Gasteiger partial charge is 0.409 e. The molecule has 4 heteroatoms. The van der Waals surface area contributed by atoms with E-state index < -0.39 is 0 Å². The standard InChI is InChI=1S/C9H21N3O/c1-4-6-8(5-2)11-7(3)9(10)12-13/h7-8,11,13H,4-6H2,1-3H3,(H2,10,12). The van der Waals surface area contributed by atoms with Crippen molar-refractivity contribution < 1.29 is 5.21 Å². The van der Waals surface area contributed by atoms with Gasteiger partial charge in [0, 0.05) is 6.04 Å². The van der Waals surface area contributed by atoms with Crippen LogP contribution < -0.4 is 11.1 Å². The van der Waals surface area contributed by atoms with E-state index in [9.17, 15) is 0 Å². The highest BCUT2D eigenvalue weighted by atomic mass is 16.4. The van der Waals surface area contributed by atoms with Crippen molar-refractivity contribution in [2.45, 2.75) is 52.1 Å². The minimum Gasteiger partial charge on any atom is -0.409 e. The Hall–Kier alpha value is -0.770. The normalized spacial score (nSPS) is 17.0. The van der Waals surface area contributed by atoms with Gasteiger partial charge in [-0.05, 0) is 19.8 Å². The van der Waals surface area contributed by atoms with Gasteiger partial charge in [0.1, 0.15) is 0 Å². The highest BCUT2D eigenvalue weighted by Crippen LogP contribution is 2.02. The van der Waals surface area contributed by atoms with Gasteiger partial charge in [-0.2, -0.15) is 0 Å². The second-order valence-corrected chi connectivity index (χ2v) is 3.31. The van der Waals surface area contributed by atoms with E-state index in [4.69, 9.17) is 10.9 Å². The van der Waals surface area contributed by atoms with Crippen LogP contribution in [0.1, 0.15) is 40.0 Å². The van der Waals surface area contributed by atoms with Crippen LogP contribution in [0.5, 0.6) is 0 Å². The van der Waals surface area contributed by atoms with E-state index in [1.807, 2.05) is 6.92 Å². The molecule has 4 N–H and O–H groups in total. The van der Waals surface area contributed by atoms with Crippen molar-refractivity contribution in [3.05, 3.63) is 0 Å². The van der Waals surface area contributed by atoms with Gasteiger partial charge in [0.15, 0.2) is 5.84 Å². The second kappa shape index (κ2) is 6.71. The lowest BCUT2D eigenvalue weighted by Gasteiger charge is -2.20. The summed E-state index contributed by atoms with van der Waals surface area (Å²) in [5.41, 5.74) is 5.45. The minimum absolute atomic E-state index is 0.0542. The predicted molar refractivity (Wildman–Crippen MR) is 55.0 cm³/mol. The fraction of sp³-hybridized carbons (Fsp3) is 0.889. The van der Waals surface area contributed by atoms with E-state index in [0.717, 1.165) is 19.3 Å². The van der Waals surface area contributed by atoms with Gasteiger partial charge in [0.2, 0.25) is 0 Å². The quantitative estimate of drug-likeness (QED) is 0.254. The van der Waals surface area contributed by atoms with Gasteiger partial charge in [-0.1, -0.05) is 25.4 Å². The van der Waals surface area contributed by atoms with E-state index in [1.165, 1.54) is 0 Å². The van der Waals surface area contributed by atoms with E-state index in [1.54, 1.807) is 0 Å². The molecular weight excluding hydrogens is 166 g/mol. The molecule has 0 aromatic carbocycles. The molecule has 2 atom stereocenters. The third-order valence-corrected chi connectivity index (χ3v) is 2.17. The zero-order chi connectivity index (χ0) is 10.3. The molecule has 0 aliphatic carbocycles. The summed E-state index contributed by atoms with van der Waals surface area (Å²) < 4.78 is 0. The first-order valence-electron chi connectivity index (χ1n) is 4.89. The zero-order valence-electron chi connectivity index (χ0n) is 8.75. The average Bonchev–Trinajstić information content (AvgIpc) is 2.15. The average molecular weight is 187 g/mol. The third-order valence-electron chi connectivity index (χ3n) is 2.17. The number of rotatable bonds is 6. The summed E-state index contributed by atoms with van der Waals surface area (Å²) in [5.74, 6) is 0.245. The fourth-order valence-corrected chi connectivity index (χ4v) is 1.28. The van der Waals surface area contributed by atoms with Gasteiger partial charge in [-0.3, -0.25) is 0 Å². The van der Waals surface area contributed by atoms with Crippen LogP contribution in [0.15, 0.2) is 5.16 Å². The molecule has 4 nitrogen and oxygen atoms in total. The number of hydrogen-bond acceptors (Lipinski definition) is 3. The Labute approximate surface area is 80.2 Å². The summed E-state index contributed by atoms with van der Waals surface area (Å²) in [5, 5.41) is 14.7. The Morgan fingerprint density at radius 3 is 2.54 bits per heavy atom. The van der Waals surface area contributed by atoms with Crippen LogP contribution in [-0.2, 0) is 0 Å². The SMILES string of the molecule is CCCC(CC)NC(C)C(N)=NO. The Bertz CT molecular complexity index is 159. The molecule has 2 unspecified atom stereocenters. The molecule has 0 rings (SSSR count). The monoisotopic (exact) mass is 187 g/mol. The molecule has 78 valence electrons. The fourth-order valence-electron chi connectivity index (χ4n) is 1.28. The highest BCUT2D eigenvalue weighted by Gasteiger charge is 2.12. The summed E-state index contributed by atoms with van der Waals surface area (Å²) >= 11 is 0. The molecular formula is C9H21N3O. The number of nitrogens with zero attached hydrogens (tertiary/aromatic N) is 1. The minimum atomic E-state index is -0.0542. The molecule has 0 saturated carbocycles. The van der Waals surface area contributed by atoms with Crippen molar-refractivity contribution in [3.8, 4) is 0 Å². The van der Waals surface area contributed by atoms with Gasteiger partial charge >= 0.3 is 0 Å². The maximum Gasteiger partial charge on any atom is 0.156 e. The van der Waals surface area contributed by atoms with Crippen molar-refractivity contribution in [2.75, 3.05) is 0 Å². The molecule has 0 saturated heterocycles. The molecule has 0 spiro atoms. The van der Waals surface area contributed by atoms with Crippen LogP contribution >= 0.6 is 0 Å². The molecule has 0 heterocycles. The third kappa shape index (κ3) is 4.72. The van der Waals surface area contributed by atoms with Crippen LogP contribution in [0.25, 0.3) is 0 Å². The molecule has 0 aromatic rings. The zero-order valence-corrected chi connectivity index (χ0v) is 8.75. The van der Waals surface area contributed by atoms with Crippen molar-refractivity contribution in [2.24, 2.45) is 10.9 Å². The Balaban J connectivity index is 3.92. The lowest BCUT2D eigenvalue weighted by atomic mass is 10.1. The topological polar surface area (TPSA) is 70.6 Å². The number of oxime groups is 1. The van der Waals surface area contributed by atoms with E-state index in [-0.39, 0.29) is 11.9 Å². The van der Waals surface area contributed by atoms with Gasteiger partial charge in [-0.15, -0.1) is 0 Å². The Kier molecular flexibility index (Phi) is 6.32. The van der Waals surface area contributed by atoms with Crippen LogP contribution in [0.4, 0.5) is 0 Å². The predicted octanol–water partition coefficient (Wildman–Crippen LogP) is 1.29. The Morgan fingerprint density at radius 2 is 2.15 bits per heavy atom. The van der Waals surface area contributed by atoms with E-state index in [2.05, 4.69) is 24.3 Å². The van der Waals surface area contributed by atoms with Crippen LogP contribution in [0, 0.1) is 0 Å². The molecule has 0 aliphatic rings. The number of amidine groups is 1. The second-order valence-electron chi connectivity index (χ2n) is 3.31. The molecule has 0 aromatic heterocycles. The first-order valence-corrected chi connectivity index (χ1v) is 4.89. The number of nitrogens with two attached hydrogens (primary N) is 1. The van der Waals surface area contributed by atoms with Gasteiger partial charge in [0.05, 0.1) is 6.04 Å². The lowest BCUT2D eigenvalue weighted by Crippen LogP contribution is -2.44. The smallest absolute Gasteiger partial charge is 0.156 e. The summed E-state index contributed by atoms with van der Waals surface area (Å²) in [6.07, 6.45) is 3.34. The molecule has 0 radical (unpaired) electrons. The van der Waals surface area contributed by atoms with Crippen LogP contribution in [0.3, 0.4) is 0 Å². The summed E-state index contributed by atoms with van der Waals surface area (Å²) in [7, 11) is 0. The Morgan fingerprint density at radius 1 is 1.54 bits per heavy atom. The first-order chi connectivity index (χ1) is 6.15. The molecule has 0 fully saturated rings. The molecule has 0 amide bonds. The maximum atomic E-state index is 8.44. The molecule has 0 aliphatic heterocycles. The molecule has 13 heavy (non-hydrogen) atoms. The number of hydrogen-bond donors (Lipinski definition) is 3. The number of nitrogens with one attached hydrogen (secondary N) is 1. The van der Waals surface area contributed by atoms with Gasteiger partial charge in [0.25, 0.3) is 0 Å². The highest BCUT2D eigenvalue weighted by molar-refractivity contribution is 5.84. The summed E-state index contributed by atoms with van der Waals surface area (Å²) in [6, 6.07) is 0.404. The molecule has 0 bridgehead atoms.